The van der Waals surface area contributed by atoms with Crippen molar-refractivity contribution in [3.05, 3.63) is 20.8 Å². The summed E-state index contributed by atoms with van der Waals surface area (Å²) >= 11 is 5.27. The molecule has 0 aliphatic rings. The van der Waals surface area contributed by atoms with Gasteiger partial charge in [0.25, 0.3) is 0 Å². The van der Waals surface area contributed by atoms with E-state index in [2.05, 4.69) is 58.5 Å². The van der Waals surface area contributed by atoms with E-state index in [1.54, 1.807) is 11.3 Å². The van der Waals surface area contributed by atoms with Crippen LogP contribution in [0.5, 0.6) is 0 Å². The van der Waals surface area contributed by atoms with E-state index >= 15 is 0 Å². The molecule has 0 aliphatic heterocycles. The molecule has 98 valence electrons. The number of hydrogen-bond donors (Lipinski definition) is 1. The molecule has 1 aromatic heterocycles. The lowest BCUT2D eigenvalue weighted by atomic mass is 10.1. The van der Waals surface area contributed by atoms with Gasteiger partial charge in [-0.3, -0.25) is 4.90 Å². The second-order valence-electron chi connectivity index (χ2n) is 4.52. The summed E-state index contributed by atoms with van der Waals surface area (Å²) in [4.78, 5) is 2.43. The van der Waals surface area contributed by atoms with Gasteiger partial charge in [0, 0.05) is 12.6 Å². The van der Waals surface area contributed by atoms with Gasteiger partial charge in [-0.15, -0.1) is 11.3 Å². The van der Waals surface area contributed by atoms with Gasteiger partial charge in [-0.25, -0.2) is 0 Å². The van der Waals surface area contributed by atoms with Gasteiger partial charge in [0.2, 0.25) is 0 Å². The second kappa shape index (κ2) is 8.25. The first kappa shape index (κ1) is 15.2. The van der Waals surface area contributed by atoms with Crippen molar-refractivity contribution in [1.82, 2.24) is 10.2 Å². The van der Waals surface area contributed by atoms with Crippen molar-refractivity contribution >= 4 is 27.3 Å². The van der Waals surface area contributed by atoms with E-state index in [1.807, 2.05) is 0 Å². The molecule has 1 rings (SSSR count). The minimum absolute atomic E-state index is 0.646. The average molecular weight is 319 g/mol. The molecule has 2 nitrogen and oxygen atoms in total. The highest BCUT2D eigenvalue weighted by Gasteiger charge is 2.10. The summed E-state index contributed by atoms with van der Waals surface area (Å²) in [6, 6.07) is 2.86. The molecule has 1 atom stereocenters. The summed E-state index contributed by atoms with van der Waals surface area (Å²) in [6.07, 6.45) is 2.52. The monoisotopic (exact) mass is 318 g/mol. The molecule has 0 radical (unpaired) electrons. The van der Waals surface area contributed by atoms with E-state index in [0.717, 1.165) is 19.6 Å². The lowest BCUT2D eigenvalue weighted by molar-refractivity contribution is 0.235. The largest absolute Gasteiger partial charge is 0.317 e. The maximum Gasteiger partial charge on any atom is 0.0701 e. The van der Waals surface area contributed by atoms with Crippen LogP contribution in [0.1, 0.15) is 32.3 Å². The zero-order valence-corrected chi connectivity index (χ0v) is 13.4. The van der Waals surface area contributed by atoms with Crippen LogP contribution in [0, 0.1) is 0 Å². The Kier molecular flexibility index (Phi) is 7.35. The molecule has 0 aliphatic carbocycles. The summed E-state index contributed by atoms with van der Waals surface area (Å²) in [5.41, 5.74) is 1.41. The highest BCUT2D eigenvalue weighted by Crippen LogP contribution is 2.22. The Balaban J connectivity index is 2.24. The van der Waals surface area contributed by atoms with Crippen LogP contribution in [0.25, 0.3) is 0 Å². The van der Waals surface area contributed by atoms with Crippen molar-refractivity contribution in [2.24, 2.45) is 0 Å². The van der Waals surface area contributed by atoms with Crippen LogP contribution in [0.3, 0.4) is 0 Å². The molecule has 1 N–H and O–H groups in total. The van der Waals surface area contributed by atoms with Crippen molar-refractivity contribution in [2.75, 3.05) is 20.1 Å². The minimum atomic E-state index is 0.646. The van der Waals surface area contributed by atoms with Crippen molar-refractivity contribution < 1.29 is 0 Å². The van der Waals surface area contributed by atoms with Crippen LogP contribution in [-0.2, 0) is 6.54 Å². The summed E-state index contributed by atoms with van der Waals surface area (Å²) in [6.45, 7) is 7.73. The summed E-state index contributed by atoms with van der Waals surface area (Å²) in [7, 11) is 2.21. The van der Waals surface area contributed by atoms with E-state index in [0.29, 0.717) is 6.04 Å². The van der Waals surface area contributed by atoms with Crippen LogP contribution in [0.15, 0.2) is 15.2 Å². The molecule has 4 heteroatoms. The third-order valence-electron chi connectivity index (χ3n) is 3.03. The fraction of sp³-hybridized carbons (Fsp3) is 0.692. The molecule has 1 unspecified atom stereocenters. The SMILES string of the molecule is CCNCCCC(C)N(C)Cc1csc(Br)c1. The van der Waals surface area contributed by atoms with E-state index in [9.17, 15) is 0 Å². The predicted molar refractivity (Wildman–Crippen MR) is 80.7 cm³/mol. The van der Waals surface area contributed by atoms with E-state index < -0.39 is 0 Å². The van der Waals surface area contributed by atoms with Crippen LogP contribution in [-0.4, -0.2) is 31.1 Å². The first-order chi connectivity index (χ1) is 8.13. The van der Waals surface area contributed by atoms with Crippen LogP contribution >= 0.6 is 27.3 Å². The number of thiophene rings is 1. The Hall–Kier alpha value is 0.100. The zero-order chi connectivity index (χ0) is 12.7. The Morgan fingerprint density at radius 2 is 2.29 bits per heavy atom. The molecule has 0 saturated carbocycles. The van der Waals surface area contributed by atoms with Crippen molar-refractivity contribution in [2.45, 2.75) is 39.3 Å². The third-order valence-corrected chi connectivity index (χ3v) is 4.58. The van der Waals surface area contributed by atoms with Crippen molar-refractivity contribution in [3.63, 3.8) is 0 Å². The normalized spacial score (nSPS) is 13.2. The molecular weight excluding hydrogens is 296 g/mol. The van der Waals surface area contributed by atoms with Gasteiger partial charge in [-0.1, -0.05) is 6.92 Å². The predicted octanol–water partition coefficient (Wildman–Crippen LogP) is 3.72. The molecule has 0 aromatic carbocycles. The van der Waals surface area contributed by atoms with Gasteiger partial charge in [0.1, 0.15) is 0 Å². The minimum Gasteiger partial charge on any atom is -0.317 e. The van der Waals surface area contributed by atoms with Gasteiger partial charge < -0.3 is 5.32 Å². The molecule has 1 aromatic rings. The smallest absolute Gasteiger partial charge is 0.0701 e. The lowest BCUT2D eigenvalue weighted by Gasteiger charge is -2.24. The van der Waals surface area contributed by atoms with Crippen LogP contribution < -0.4 is 5.32 Å². The second-order valence-corrected chi connectivity index (χ2v) is 6.81. The standard InChI is InChI=1S/C13H23BrN2S/c1-4-15-7-5-6-11(2)16(3)9-12-8-13(14)17-10-12/h8,10-11,15H,4-7,9H2,1-3H3. The quantitative estimate of drug-likeness (QED) is 0.735. The Morgan fingerprint density at radius 1 is 1.53 bits per heavy atom. The number of nitrogens with one attached hydrogen (secondary N) is 1. The summed E-state index contributed by atoms with van der Waals surface area (Å²) < 4.78 is 1.22. The third kappa shape index (κ3) is 6.00. The van der Waals surface area contributed by atoms with Gasteiger partial charge in [-0.05, 0) is 72.8 Å². The fourth-order valence-electron chi connectivity index (χ4n) is 1.79. The summed E-state index contributed by atoms with van der Waals surface area (Å²) in [5, 5.41) is 5.60. The van der Waals surface area contributed by atoms with Crippen LogP contribution in [0.2, 0.25) is 0 Å². The highest BCUT2D eigenvalue weighted by atomic mass is 79.9. The van der Waals surface area contributed by atoms with Crippen molar-refractivity contribution in [1.29, 1.82) is 0 Å². The Bertz CT molecular complexity index is 314. The number of hydrogen-bond acceptors (Lipinski definition) is 3. The molecule has 0 saturated heterocycles. The number of nitrogens with zero attached hydrogens (tertiary/aromatic N) is 1. The average Bonchev–Trinajstić information content (AvgIpc) is 2.70. The van der Waals surface area contributed by atoms with Gasteiger partial charge in [0.05, 0.1) is 3.79 Å². The number of rotatable bonds is 8. The lowest BCUT2D eigenvalue weighted by Crippen LogP contribution is -2.29. The van der Waals surface area contributed by atoms with Gasteiger partial charge in [-0.2, -0.15) is 0 Å². The van der Waals surface area contributed by atoms with E-state index in [4.69, 9.17) is 0 Å². The fourth-order valence-corrected chi connectivity index (χ4v) is 2.99. The zero-order valence-electron chi connectivity index (χ0n) is 11.0. The van der Waals surface area contributed by atoms with Gasteiger partial charge >= 0.3 is 0 Å². The first-order valence-electron chi connectivity index (χ1n) is 6.27. The summed E-state index contributed by atoms with van der Waals surface area (Å²) in [5.74, 6) is 0. The molecule has 17 heavy (non-hydrogen) atoms. The van der Waals surface area contributed by atoms with Gasteiger partial charge in [0.15, 0.2) is 0 Å². The molecule has 0 bridgehead atoms. The topological polar surface area (TPSA) is 15.3 Å². The molecule has 0 spiro atoms. The number of halogens is 1. The van der Waals surface area contributed by atoms with E-state index in [1.165, 1.54) is 22.2 Å². The maximum absolute atomic E-state index is 3.51. The van der Waals surface area contributed by atoms with E-state index in [-0.39, 0.29) is 0 Å². The molecule has 1 heterocycles. The maximum atomic E-state index is 3.51. The highest BCUT2D eigenvalue weighted by molar-refractivity contribution is 9.11. The molecular formula is C13H23BrN2S. The molecule has 0 amide bonds. The van der Waals surface area contributed by atoms with Crippen molar-refractivity contribution in [3.8, 4) is 0 Å². The molecule has 0 fully saturated rings. The Labute approximate surface area is 118 Å². The first-order valence-corrected chi connectivity index (χ1v) is 7.94. The van der Waals surface area contributed by atoms with Crippen LogP contribution in [0.4, 0.5) is 0 Å². The Morgan fingerprint density at radius 3 is 2.88 bits per heavy atom.